The molecule has 9 heteroatoms. The number of sulfonamides is 1. The Balaban J connectivity index is 1.62. The summed E-state index contributed by atoms with van der Waals surface area (Å²) in [6.45, 7) is 4.93. The van der Waals surface area contributed by atoms with Gasteiger partial charge in [0.2, 0.25) is 15.9 Å². The highest BCUT2D eigenvalue weighted by Gasteiger charge is 2.28. The normalized spacial score (nSPS) is 16.4. The molecule has 1 aliphatic heterocycles. The number of hydrogen-bond donors (Lipinski definition) is 0. The topological polar surface area (TPSA) is 103 Å². The van der Waals surface area contributed by atoms with Gasteiger partial charge in [-0.2, -0.15) is 4.31 Å². The minimum Gasteiger partial charge on any atom is -0.452 e. The molecule has 0 radical (unpaired) electrons. The smallest absolute Gasteiger partial charge is 0.338 e. The van der Waals surface area contributed by atoms with Crippen LogP contribution in [0.1, 0.15) is 48.8 Å². The van der Waals surface area contributed by atoms with Crippen LogP contribution >= 0.6 is 0 Å². The van der Waals surface area contributed by atoms with Crippen LogP contribution in [0.3, 0.4) is 0 Å². The number of piperidine rings is 1. The van der Waals surface area contributed by atoms with Crippen LogP contribution in [0.25, 0.3) is 0 Å². The van der Waals surface area contributed by atoms with Crippen LogP contribution in [0.15, 0.2) is 33.6 Å². The molecule has 146 valence electrons. The molecule has 8 nitrogen and oxygen atoms in total. The van der Waals surface area contributed by atoms with Gasteiger partial charge in [-0.15, -0.1) is 10.2 Å². The van der Waals surface area contributed by atoms with E-state index in [9.17, 15) is 13.2 Å². The van der Waals surface area contributed by atoms with Crippen molar-refractivity contribution >= 4 is 16.0 Å². The van der Waals surface area contributed by atoms with Crippen molar-refractivity contribution in [1.82, 2.24) is 14.5 Å². The molecular formula is C18H23N3O5S. The van der Waals surface area contributed by atoms with Crippen molar-refractivity contribution in [2.24, 2.45) is 5.92 Å². The van der Waals surface area contributed by atoms with Crippen LogP contribution in [0.5, 0.6) is 0 Å². The van der Waals surface area contributed by atoms with Gasteiger partial charge in [0, 0.05) is 19.5 Å². The lowest BCUT2D eigenvalue weighted by atomic mass is 10.0. The first-order valence-electron chi connectivity index (χ1n) is 8.98. The summed E-state index contributed by atoms with van der Waals surface area (Å²) in [4.78, 5) is 12.3. The number of aromatic nitrogens is 2. The van der Waals surface area contributed by atoms with E-state index in [4.69, 9.17) is 9.15 Å². The molecule has 0 spiro atoms. The minimum atomic E-state index is -3.54. The number of rotatable bonds is 6. The second-order valence-electron chi connectivity index (χ2n) is 6.63. The first-order chi connectivity index (χ1) is 12.9. The molecule has 0 saturated carbocycles. The number of carbonyl (C=O) groups excluding carboxylic acids is 1. The molecule has 1 aliphatic rings. The highest BCUT2D eigenvalue weighted by atomic mass is 32.2. The predicted molar refractivity (Wildman–Crippen MR) is 96.4 cm³/mol. The van der Waals surface area contributed by atoms with Gasteiger partial charge in [0.25, 0.3) is 5.89 Å². The molecule has 0 unspecified atom stereocenters. The van der Waals surface area contributed by atoms with Crippen molar-refractivity contribution < 1.29 is 22.4 Å². The maximum atomic E-state index is 12.7. The van der Waals surface area contributed by atoms with Gasteiger partial charge in [-0.25, -0.2) is 13.2 Å². The zero-order chi connectivity index (χ0) is 19.4. The van der Waals surface area contributed by atoms with E-state index in [0.29, 0.717) is 31.3 Å². The zero-order valence-electron chi connectivity index (χ0n) is 15.4. The monoisotopic (exact) mass is 393 g/mol. The van der Waals surface area contributed by atoms with Crippen LogP contribution in [-0.2, 0) is 27.8 Å². The molecule has 0 atom stereocenters. The van der Waals surface area contributed by atoms with Crippen molar-refractivity contribution in [2.45, 2.75) is 44.6 Å². The summed E-state index contributed by atoms with van der Waals surface area (Å²) in [5, 5.41) is 7.57. The molecule has 0 N–H and O–H groups in total. The maximum absolute atomic E-state index is 12.7. The molecule has 2 aromatic rings. The van der Waals surface area contributed by atoms with Crippen LogP contribution in [0.2, 0.25) is 0 Å². The minimum absolute atomic E-state index is 0.127. The Hall–Kier alpha value is -2.26. The van der Waals surface area contributed by atoms with Gasteiger partial charge in [-0.3, -0.25) is 0 Å². The summed E-state index contributed by atoms with van der Waals surface area (Å²) < 4.78 is 37.3. The Kier molecular flexibility index (Phi) is 5.91. The number of aryl methyl sites for hydroxylation is 1. The summed E-state index contributed by atoms with van der Waals surface area (Å²) in [6, 6.07) is 5.78. The van der Waals surface area contributed by atoms with E-state index in [2.05, 4.69) is 17.1 Å². The maximum Gasteiger partial charge on any atom is 0.338 e. The lowest BCUT2D eigenvalue weighted by Gasteiger charge is -2.29. The summed E-state index contributed by atoms with van der Waals surface area (Å²) in [5.41, 5.74) is 0.261. The van der Waals surface area contributed by atoms with Gasteiger partial charge in [0.05, 0.1) is 10.5 Å². The summed E-state index contributed by atoms with van der Waals surface area (Å²) in [7, 11) is -3.54. The van der Waals surface area contributed by atoms with Gasteiger partial charge in [0.15, 0.2) is 6.61 Å². The molecule has 1 aromatic heterocycles. The molecular weight excluding hydrogens is 370 g/mol. The summed E-state index contributed by atoms with van der Waals surface area (Å²) in [5.74, 6) is 0.657. The molecule has 1 saturated heterocycles. The summed E-state index contributed by atoms with van der Waals surface area (Å²) in [6.07, 6.45) is 2.32. The lowest BCUT2D eigenvalue weighted by Crippen LogP contribution is -2.37. The predicted octanol–water partition coefficient (Wildman–Crippen LogP) is 2.41. The SMILES string of the molecule is CCc1nnc(COC(=O)c2ccc(S(=O)(=O)N3CCC(C)CC3)cc2)o1. The molecule has 27 heavy (non-hydrogen) atoms. The number of hydrogen-bond acceptors (Lipinski definition) is 7. The number of carbonyl (C=O) groups is 1. The van der Waals surface area contributed by atoms with E-state index in [1.165, 1.54) is 28.6 Å². The average Bonchev–Trinajstić information content (AvgIpc) is 3.15. The fraction of sp³-hybridized carbons (Fsp3) is 0.500. The third kappa shape index (κ3) is 4.54. The van der Waals surface area contributed by atoms with E-state index >= 15 is 0 Å². The van der Waals surface area contributed by atoms with Crippen molar-refractivity contribution in [3.63, 3.8) is 0 Å². The molecule has 0 amide bonds. The van der Waals surface area contributed by atoms with Crippen molar-refractivity contribution in [2.75, 3.05) is 13.1 Å². The number of benzene rings is 1. The van der Waals surface area contributed by atoms with Crippen LogP contribution in [0.4, 0.5) is 0 Å². The van der Waals surface area contributed by atoms with Gasteiger partial charge < -0.3 is 9.15 Å². The third-order valence-electron chi connectivity index (χ3n) is 4.61. The lowest BCUT2D eigenvalue weighted by molar-refractivity contribution is 0.0436. The van der Waals surface area contributed by atoms with Gasteiger partial charge in [-0.05, 0) is 43.0 Å². The molecule has 0 bridgehead atoms. The Morgan fingerprint density at radius 1 is 1.19 bits per heavy atom. The molecule has 2 heterocycles. The molecule has 1 fully saturated rings. The number of esters is 1. The zero-order valence-corrected chi connectivity index (χ0v) is 16.2. The second kappa shape index (κ2) is 8.18. The van der Waals surface area contributed by atoms with E-state index in [1.807, 2.05) is 6.92 Å². The highest BCUT2D eigenvalue weighted by molar-refractivity contribution is 7.89. The van der Waals surface area contributed by atoms with E-state index < -0.39 is 16.0 Å². The van der Waals surface area contributed by atoms with Crippen molar-refractivity contribution in [3.05, 3.63) is 41.6 Å². The van der Waals surface area contributed by atoms with Gasteiger partial charge in [0.1, 0.15) is 0 Å². The average molecular weight is 393 g/mol. The summed E-state index contributed by atoms with van der Waals surface area (Å²) >= 11 is 0. The number of nitrogens with zero attached hydrogens (tertiary/aromatic N) is 3. The van der Waals surface area contributed by atoms with Crippen molar-refractivity contribution in [1.29, 1.82) is 0 Å². The Bertz CT molecular complexity index is 884. The van der Waals surface area contributed by atoms with E-state index in [0.717, 1.165) is 12.8 Å². The molecule has 0 aliphatic carbocycles. The first-order valence-corrected chi connectivity index (χ1v) is 10.4. The van der Waals surface area contributed by atoms with Crippen LogP contribution in [-0.4, -0.2) is 42.0 Å². The molecule has 3 rings (SSSR count). The van der Waals surface area contributed by atoms with Gasteiger partial charge >= 0.3 is 5.97 Å². The third-order valence-corrected chi connectivity index (χ3v) is 6.52. The fourth-order valence-electron chi connectivity index (χ4n) is 2.84. The number of ether oxygens (including phenoxy) is 1. The highest BCUT2D eigenvalue weighted by Crippen LogP contribution is 2.23. The van der Waals surface area contributed by atoms with Gasteiger partial charge in [-0.1, -0.05) is 13.8 Å². The van der Waals surface area contributed by atoms with Crippen LogP contribution < -0.4 is 0 Å². The fourth-order valence-corrected chi connectivity index (χ4v) is 4.31. The molecule has 1 aromatic carbocycles. The largest absolute Gasteiger partial charge is 0.452 e. The van der Waals surface area contributed by atoms with Crippen molar-refractivity contribution in [3.8, 4) is 0 Å². The first kappa shape index (κ1) is 19.5. The van der Waals surface area contributed by atoms with Crippen LogP contribution in [0, 0.1) is 5.92 Å². The Morgan fingerprint density at radius 2 is 1.81 bits per heavy atom. The standard InChI is InChI=1S/C18H23N3O5S/c1-3-16-19-20-17(26-16)12-25-18(22)14-4-6-15(7-5-14)27(23,24)21-10-8-13(2)9-11-21/h4-7,13H,3,8-12H2,1-2H3. The second-order valence-corrected chi connectivity index (χ2v) is 8.57. The van der Waals surface area contributed by atoms with E-state index in [1.54, 1.807) is 0 Å². The Morgan fingerprint density at radius 3 is 2.41 bits per heavy atom. The quantitative estimate of drug-likeness (QED) is 0.694. The van der Waals surface area contributed by atoms with E-state index in [-0.39, 0.29) is 23.0 Å². The Labute approximate surface area is 158 Å².